The highest BCUT2D eigenvalue weighted by molar-refractivity contribution is 5.51. The largest absolute Gasteiger partial charge is 0.356 e. The van der Waals surface area contributed by atoms with E-state index in [2.05, 4.69) is 50.9 Å². The Labute approximate surface area is 130 Å². The normalized spacial score (nSPS) is 15.3. The highest BCUT2D eigenvalue weighted by Gasteiger charge is 2.23. The topological polar surface area (TPSA) is 28.2 Å². The molecule has 1 aliphatic carbocycles. The third-order valence-corrected chi connectivity index (χ3v) is 4.53. The van der Waals surface area contributed by atoms with Gasteiger partial charge in [0.25, 0.3) is 0 Å². The molecule has 1 aromatic rings. The maximum atomic E-state index is 4.88. The molecule has 0 atom stereocenters. The van der Waals surface area contributed by atoms with Gasteiger partial charge in [0.15, 0.2) is 0 Å². The summed E-state index contributed by atoms with van der Waals surface area (Å²) in [6.07, 6.45) is 4.19. The highest BCUT2D eigenvalue weighted by atomic mass is 15.2. The first kappa shape index (κ1) is 16.3. The number of anilines is 1. The molecule has 3 nitrogen and oxygen atoms in total. The van der Waals surface area contributed by atoms with E-state index in [1.54, 1.807) is 0 Å². The van der Waals surface area contributed by atoms with Crippen molar-refractivity contribution in [1.29, 1.82) is 0 Å². The maximum Gasteiger partial charge on any atom is 0.133 e. The lowest BCUT2D eigenvalue weighted by Gasteiger charge is -2.34. The SMILES string of the molecule is CCN(CC1CCC1)c1nc(C)cc(C)c1CNC(C)C. The van der Waals surface area contributed by atoms with Crippen molar-refractivity contribution in [2.24, 2.45) is 5.92 Å². The molecular formula is C18H31N3. The molecule has 1 aromatic heterocycles. The van der Waals surface area contributed by atoms with Crippen molar-refractivity contribution in [2.45, 2.75) is 66.5 Å². The van der Waals surface area contributed by atoms with Gasteiger partial charge in [-0.1, -0.05) is 20.3 Å². The van der Waals surface area contributed by atoms with Gasteiger partial charge >= 0.3 is 0 Å². The van der Waals surface area contributed by atoms with Crippen LogP contribution in [0.25, 0.3) is 0 Å². The Morgan fingerprint density at radius 3 is 2.57 bits per heavy atom. The average Bonchev–Trinajstić information content (AvgIpc) is 2.35. The summed E-state index contributed by atoms with van der Waals surface area (Å²) in [4.78, 5) is 7.37. The van der Waals surface area contributed by atoms with Crippen LogP contribution in [0, 0.1) is 19.8 Å². The molecule has 1 heterocycles. The van der Waals surface area contributed by atoms with E-state index in [9.17, 15) is 0 Å². The zero-order valence-corrected chi connectivity index (χ0v) is 14.4. The smallest absolute Gasteiger partial charge is 0.133 e. The molecule has 0 spiro atoms. The van der Waals surface area contributed by atoms with Gasteiger partial charge in [-0.25, -0.2) is 4.98 Å². The molecule has 1 aliphatic rings. The van der Waals surface area contributed by atoms with Gasteiger partial charge in [-0.15, -0.1) is 0 Å². The van der Waals surface area contributed by atoms with Gasteiger partial charge < -0.3 is 10.2 Å². The Morgan fingerprint density at radius 2 is 2.05 bits per heavy atom. The molecule has 1 fully saturated rings. The van der Waals surface area contributed by atoms with Crippen LogP contribution in [0.5, 0.6) is 0 Å². The van der Waals surface area contributed by atoms with Gasteiger partial charge in [-0.3, -0.25) is 0 Å². The van der Waals surface area contributed by atoms with Crippen molar-refractivity contribution in [3.63, 3.8) is 0 Å². The van der Waals surface area contributed by atoms with Crippen molar-refractivity contribution < 1.29 is 0 Å². The number of pyridine rings is 1. The standard InChI is InChI=1S/C18H31N3/c1-6-21(12-16-8-7-9-16)18-17(11-19-13(2)3)14(4)10-15(5)20-18/h10,13,16,19H,6-9,11-12H2,1-5H3. The Hall–Kier alpha value is -1.09. The Kier molecular flexibility index (Phi) is 5.63. The van der Waals surface area contributed by atoms with Crippen LogP contribution < -0.4 is 10.2 Å². The van der Waals surface area contributed by atoms with Crippen molar-refractivity contribution in [3.8, 4) is 0 Å². The van der Waals surface area contributed by atoms with E-state index in [-0.39, 0.29) is 0 Å². The van der Waals surface area contributed by atoms with Crippen LogP contribution in [-0.4, -0.2) is 24.1 Å². The van der Waals surface area contributed by atoms with Crippen LogP contribution >= 0.6 is 0 Å². The molecule has 0 unspecified atom stereocenters. The monoisotopic (exact) mass is 289 g/mol. The van der Waals surface area contributed by atoms with E-state index < -0.39 is 0 Å². The van der Waals surface area contributed by atoms with E-state index in [1.165, 1.54) is 42.8 Å². The average molecular weight is 289 g/mol. The van der Waals surface area contributed by atoms with Gasteiger partial charge in [0.05, 0.1) is 0 Å². The fourth-order valence-electron chi connectivity index (χ4n) is 2.98. The van der Waals surface area contributed by atoms with Crippen LogP contribution in [-0.2, 0) is 6.54 Å². The third kappa shape index (κ3) is 4.19. The first-order valence-corrected chi connectivity index (χ1v) is 8.46. The summed E-state index contributed by atoms with van der Waals surface area (Å²) in [5.41, 5.74) is 3.86. The predicted molar refractivity (Wildman–Crippen MR) is 90.9 cm³/mol. The Bertz CT molecular complexity index is 464. The summed E-state index contributed by atoms with van der Waals surface area (Å²) in [6, 6.07) is 2.71. The van der Waals surface area contributed by atoms with Crippen molar-refractivity contribution in [1.82, 2.24) is 10.3 Å². The molecule has 0 aromatic carbocycles. The van der Waals surface area contributed by atoms with E-state index in [0.29, 0.717) is 6.04 Å². The first-order valence-electron chi connectivity index (χ1n) is 8.46. The number of aromatic nitrogens is 1. The van der Waals surface area contributed by atoms with Gasteiger partial charge in [0.1, 0.15) is 5.82 Å². The summed E-state index contributed by atoms with van der Waals surface area (Å²) >= 11 is 0. The lowest BCUT2D eigenvalue weighted by molar-refractivity contribution is 0.318. The van der Waals surface area contributed by atoms with Gasteiger partial charge in [0.2, 0.25) is 0 Å². The fraction of sp³-hybridized carbons (Fsp3) is 0.722. The van der Waals surface area contributed by atoms with E-state index in [1.807, 2.05) is 0 Å². The minimum Gasteiger partial charge on any atom is -0.356 e. The second-order valence-electron chi connectivity index (χ2n) is 6.75. The Morgan fingerprint density at radius 1 is 1.33 bits per heavy atom. The molecule has 0 bridgehead atoms. The molecule has 3 heteroatoms. The number of rotatable bonds is 7. The minimum atomic E-state index is 0.500. The second-order valence-corrected chi connectivity index (χ2v) is 6.75. The molecule has 0 saturated heterocycles. The fourth-order valence-corrected chi connectivity index (χ4v) is 2.98. The number of hydrogen-bond donors (Lipinski definition) is 1. The second kappa shape index (κ2) is 7.26. The highest BCUT2D eigenvalue weighted by Crippen LogP contribution is 2.30. The van der Waals surface area contributed by atoms with Gasteiger partial charge in [0, 0.05) is 36.9 Å². The Balaban J connectivity index is 2.24. The van der Waals surface area contributed by atoms with E-state index in [4.69, 9.17) is 4.98 Å². The first-order chi connectivity index (χ1) is 10.0. The minimum absolute atomic E-state index is 0.500. The van der Waals surface area contributed by atoms with Crippen LogP contribution in [0.3, 0.4) is 0 Å². The zero-order chi connectivity index (χ0) is 15.4. The molecular weight excluding hydrogens is 258 g/mol. The molecule has 118 valence electrons. The zero-order valence-electron chi connectivity index (χ0n) is 14.4. The predicted octanol–water partition coefficient (Wildman–Crippen LogP) is 3.82. The quantitative estimate of drug-likeness (QED) is 0.827. The number of aryl methyl sites for hydroxylation is 2. The summed E-state index contributed by atoms with van der Waals surface area (Å²) < 4.78 is 0. The lowest BCUT2D eigenvalue weighted by Crippen LogP contribution is -2.35. The van der Waals surface area contributed by atoms with Crippen LogP contribution in [0.4, 0.5) is 5.82 Å². The molecule has 1 N–H and O–H groups in total. The lowest BCUT2D eigenvalue weighted by atomic mass is 9.85. The number of hydrogen-bond acceptors (Lipinski definition) is 3. The summed E-state index contributed by atoms with van der Waals surface area (Å²) in [6.45, 7) is 14.1. The van der Waals surface area contributed by atoms with Crippen LogP contribution in [0.15, 0.2) is 6.07 Å². The number of nitrogens with one attached hydrogen (secondary N) is 1. The summed E-state index contributed by atoms with van der Waals surface area (Å²) in [5.74, 6) is 2.08. The summed E-state index contributed by atoms with van der Waals surface area (Å²) in [5, 5.41) is 3.56. The number of nitrogens with zero attached hydrogens (tertiary/aromatic N) is 2. The third-order valence-electron chi connectivity index (χ3n) is 4.53. The van der Waals surface area contributed by atoms with Crippen LogP contribution in [0.1, 0.15) is 56.9 Å². The molecule has 21 heavy (non-hydrogen) atoms. The van der Waals surface area contributed by atoms with E-state index in [0.717, 1.165) is 24.7 Å². The molecule has 0 radical (unpaired) electrons. The molecule has 0 aliphatic heterocycles. The van der Waals surface area contributed by atoms with Crippen molar-refractivity contribution >= 4 is 5.82 Å². The van der Waals surface area contributed by atoms with Crippen molar-refractivity contribution in [2.75, 3.05) is 18.0 Å². The molecule has 1 saturated carbocycles. The summed E-state index contributed by atoms with van der Waals surface area (Å²) in [7, 11) is 0. The van der Waals surface area contributed by atoms with Gasteiger partial charge in [-0.05, 0) is 51.2 Å². The van der Waals surface area contributed by atoms with E-state index >= 15 is 0 Å². The van der Waals surface area contributed by atoms with Crippen LogP contribution in [0.2, 0.25) is 0 Å². The maximum absolute atomic E-state index is 4.88. The van der Waals surface area contributed by atoms with Crippen molar-refractivity contribution in [3.05, 3.63) is 22.9 Å². The molecule has 2 rings (SSSR count). The van der Waals surface area contributed by atoms with Gasteiger partial charge in [-0.2, -0.15) is 0 Å². The molecule has 0 amide bonds.